The number of likely N-dealkylation sites (N-methyl/N-ethyl adjacent to an activating group) is 1. The van der Waals surface area contributed by atoms with Crippen LogP contribution in [0, 0.1) is 5.82 Å². The Morgan fingerprint density at radius 3 is 2.67 bits per heavy atom. The molecule has 1 saturated heterocycles. The average molecular weight is 412 g/mol. The quantitative estimate of drug-likeness (QED) is 0.817. The lowest BCUT2D eigenvalue weighted by molar-refractivity contribution is -0.132. The van der Waals surface area contributed by atoms with Gasteiger partial charge in [0.2, 0.25) is 5.91 Å². The second-order valence-electron chi connectivity index (χ2n) is 6.59. The number of benzene rings is 2. The Morgan fingerprint density at radius 2 is 1.96 bits per heavy atom. The fourth-order valence-electron chi connectivity index (χ4n) is 3.23. The first-order valence-corrected chi connectivity index (χ1v) is 9.10. The van der Waals surface area contributed by atoms with E-state index in [0.717, 1.165) is 35.8 Å². The van der Waals surface area contributed by atoms with Crippen LogP contribution in [-0.4, -0.2) is 48.9 Å². The summed E-state index contributed by atoms with van der Waals surface area (Å²) in [7, 11) is 1.78. The van der Waals surface area contributed by atoms with Gasteiger partial charge in [-0.1, -0.05) is 41.9 Å². The minimum Gasteiger partial charge on any atom is -0.340 e. The van der Waals surface area contributed by atoms with E-state index in [0.29, 0.717) is 13.1 Å². The molecule has 0 aliphatic carbocycles. The molecule has 0 aromatic heterocycles. The molecule has 0 bridgehead atoms. The summed E-state index contributed by atoms with van der Waals surface area (Å²) in [6, 6.07) is 14.1. The van der Waals surface area contributed by atoms with Crippen LogP contribution in [0.3, 0.4) is 0 Å². The molecule has 1 unspecified atom stereocenters. The summed E-state index contributed by atoms with van der Waals surface area (Å²) in [5, 5.41) is 4.10. The summed E-state index contributed by atoms with van der Waals surface area (Å²) in [5.41, 5.74) is 1.94. The number of hydrogen-bond acceptors (Lipinski definition) is 3. The molecule has 3 rings (SSSR count). The third kappa shape index (κ3) is 5.66. The standard InChI is InChI=1S/C20H23ClFN3O.ClH/c1-24(13-15-6-8-16(22)9-7-15)20(26)14-25-11-10-23-12-19(25)17-4-2-3-5-18(17)21;/h2-9,19,23H,10-14H2,1H3;1H. The Kier molecular flexibility index (Phi) is 8.05. The van der Waals surface area contributed by atoms with Crippen molar-refractivity contribution in [3.63, 3.8) is 0 Å². The molecule has 2 aromatic carbocycles. The number of carbonyl (C=O) groups is 1. The molecule has 1 heterocycles. The van der Waals surface area contributed by atoms with E-state index >= 15 is 0 Å². The van der Waals surface area contributed by atoms with Gasteiger partial charge in [0.05, 0.1) is 6.54 Å². The van der Waals surface area contributed by atoms with Crippen LogP contribution in [0.5, 0.6) is 0 Å². The molecule has 7 heteroatoms. The van der Waals surface area contributed by atoms with Gasteiger partial charge in [-0.25, -0.2) is 4.39 Å². The van der Waals surface area contributed by atoms with Gasteiger partial charge < -0.3 is 10.2 Å². The molecule has 1 fully saturated rings. The fourth-order valence-corrected chi connectivity index (χ4v) is 3.50. The number of piperazine rings is 1. The number of carbonyl (C=O) groups excluding carboxylic acids is 1. The van der Waals surface area contributed by atoms with E-state index in [9.17, 15) is 9.18 Å². The number of halogens is 3. The van der Waals surface area contributed by atoms with Crippen LogP contribution in [0.2, 0.25) is 5.02 Å². The van der Waals surface area contributed by atoms with Gasteiger partial charge in [-0.15, -0.1) is 12.4 Å². The maximum absolute atomic E-state index is 13.0. The molecule has 27 heavy (non-hydrogen) atoms. The molecule has 0 radical (unpaired) electrons. The van der Waals surface area contributed by atoms with E-state index in [1.807, 2.05) is 24.3 Å². The van der Waals surface area contributed by atoms with Gasteiger partial charge in [0.25, 0.3) is 0 Å². The minimum absolute atomic E-state index is 0. The van der Waals surface area contributed by atoms with Crippen LogP contribution in [0.4, 0.5) is 4.39 Å². The Hall–Kier alpha value is -1.66. The lowest BCUT2D eigenvalue weighted by atomic mass is 10.0. The van der Waals surface area contributed by atoms with Crippen LogP contribution in [0.1, 0.15) is 17.2 Å². The van der Waals surface area contributed by atoms with Crippen molar-refractivity contribution >= 4 is 29.9 Å². The van der Waals surface area contributed by atoms with Crippen LogP contribution in [-0.2, 0) is 11.3 Å². The van der Waals surface area contributed by atoms with Gasteiger partial charge in [-0.05, 0) is 29.3 Å². The first kappa shape index (κ1) is 21.6. The van der Waals surface area contributed by atoms with Gasteiger partial charge in [0.1, 0.15) is 5.82 Å². The summed E-state index contributed by atoms with van der Waals surface area (Å²) in [5.74, 6) is -0.237. The van der Waals surface area contributed by atoms with Crippen molar-refractivity contribution in [1.29, 1.82) is 0 Å². The number of nitrogens with zero attached hydrogens (tertiary/aromatic N) is 2. The van der Waals surface area contributed by atoms with E-state index in [1.165, 1.54) is 12.1 Å². The summed E-state index contributed by atoms with van der Waals surface area (Å²) < 4.78 is 13.0. The monoisotopic (exact) mass is 411 g/mol. The summed E-state index contributed by atoms with van der Waals surface area (Å²) >= 11 is 6.36. The predicted molar refractivity (Wildman–Crippen MR) is 109 cm³/mol. The molecule has 1 amide bonds. The number of rotatable bonds is 5. The number of nitrogens with one attached hydrogen (secondary N) is 1. The lowest BCUT2D eigenvalue weighted by Gasteiger charge is -2.37. The zero-order valence-corrected chi connectivity index (χ0v) is 16.8. The highest BCUT2D eigenvalue weighted by Gasteiger charge is 2.27. The molecule has 1 N–H and O–H groups in total. The van der Waals surface area contributed by atoms with Gasteiger partial charge >= 0.3 is 0 Å². The Bertz CT molecular complexity index is 757. The van der Waals surface area contributed by atoms with Gasteiger partial charge in [0.15, 0.2) is 0 Å². The average Bonchev–Trinajstić information content (AvgIpc) is 2.64. The molecule has 1 aliphatic rings. The number of amides is 1. The lowest BCUT2D eigenvalue weighted by Crippen LogP contribution is -2.49. The molecule has 0 saturated carbocycles. The van der Waals surface area contributed by atoms with Crippen LogP contribution in [0.15, 0.2) is 48.5 Å². The maximum Gasteiger partial charge on any atom is 0.236 e. The molecule has 146 valence electrons. The largest absolute Gasteiger partial charge is 0.340 e. The van der Waals surface area contributed by atoms with Crippen LogP contribution in [0.25, 0.3) is 0 Å². The SMILES string of the molecule is CN(Cc1ccc(F)cc1)C(=O)CN1CCNCC1c1ccccc1Cl.Cl. The predicted octanol–water partition coefficient (Wildman–Crippen LogP) is 3.51. The van der Waals surface area contributed by atoms with E-state index in [1.54, 1.807) is 24.1 Å². The van der Waals surface area contributed by atoms with Crippen molar-refractivity contribution in [2.45, 2.75) is 12.6 Å². The minimum atomic E-state index is -0.272. The van der Waals surface area contributed by atoms with E-state index < -0.39 is 0 Å². The molecule has 2 aromatic rings. The summed E-state index contributed by atoms with van der Waals surface area (Å²) in [6.07, 6.45) is 0. The smallest absolute Gasteiger partial charge is 0.236 e. The molecular formula is C20H24Cl2FN3O. The first-order valence-electron chi connectivity index (χ1n) is 8.72. The van der Waals surface area contributed by atoms with Crippen molar-refractivity contribution in [3.8, 4) is 0 Å². The topological polar surface area (TPSA) is 35.6 Å². The van der Waals surface area contributed by atoms with Gasteiger partial charge in [-0.2, -0.15) is 0 Å². The highest BCUT2D eigenvalue weighted by Crippen LogP contribution is 2.28. The Balaban J connectivity index is 0.00000261. The second kappa shape index (κ2) is 10.0. The molecule has 4 nitrogen and oxygen atoms in total. The highest BCUT2D eigenvalue weighted by atomic mass is 35.5. The number of hydrogen-bond donors (Lipinski definition) is 1. The highest BCUT2D eigenvalue weighted by molar-refractivity contribution is 6.31. The Labute approximate surface area is 170 Å². The third-order valence-corrected chi connectivity index (χ3v) is 5.06. The molecule has 1 aliphatic heterocycles. The first-order chi connectivity index (χ1) is 12.5. The molecule has 1 atom stereocenters. The van der Waals surface area contributed by atoms with Crippen molar-refractivity contribution < 1.29 is 9.18 Å². The van der Waals surface area contributed by atoms with Crippen molar-refractivity contribution in [1.82, 2.24) is 15.1 Å². The third-order valence-electron chi connectivity index (χ3n) is 4.72. The zero-order valence-electron chi connectivity index (χ0n) is 15.2. The molecule has 0 spiro atoms. The van der Waals surface area contributed by atoms with E-state index in [2.05, 4.69) is 10.2 Å². The van der Waals surface area contributed by atoms with Crippen molar-refractivity contribution in [3.05, 3.63) is 70.5 Å². The maximum atomic E-state index is 13.0. The normalized spacial score (nSPS) is 17.2. The zero-order chi connectivity index (χ0) is 18.5. The summed E-state index contributed by atoms with van der Waals surface area (Å²) in [6.45, 7) is 3.18. The second-order valence-corrected chi connectivity index (χ2v) is 7.00. The fraction of sp³-hybridized carbons (Fsp3) is 0.350. The van der Waals surface area contributed by atoms with E-state index in [-0.39, 0.29) is 30.2 Å². The van der Waals surface area contributed by atoms with Crippen molar-refractivity contribution in [2.24, 2.45) is 0 Å². The van der Waals surface area contributed by atoms with Gasteiger partial charge in [-0.3, -0.25) is 9.69 Å². The Morgan fingerprint density at radius 1 is 1.26 bits per heavy atom. The summed E-state index contributed by atoms with van der Waals surface area (Å²) in [4.78, 5) is 16.5. The van der Waals surface area contributed by atoms with Crippen LogP contribution >= 0.6 is 24.0 Å². The molecular weight excluding hydrogens is 388 g/mol. The van der Waals surface area contributed by atoms with Crippen molar-refractivity contribution in [2.75, 3.05) is 33.2 Å². The van der Waals surface area contributed by atoms with Gasteiger partial charge in [0, 0.05) is 44.3 Å². The van der Waals surface area contributed by atoms with E-state index in [4.69, 9.17) is 11.6 Å². The van der Waals surface area contributed by atoms with Crippen LogP contribution < -0.4 is 5.32 Å².